The molecule has 1 aromatic rings. The predicted molar refractivity (Wildman–Crippen MR) is 54.1 cm³/mol. The lowest BCUT2D eigenvalue weighted by Crippen LogP contribution is -2.07. The summed E-state index contributed by atoms with van der Waals surface area (Å²) in [7, 11) is 1.75. The molecule has 0 atom stereocenters. The average Bonchev–Trinajstić information content (AvgIpc) is 2.21. The summed E-state index contributed by atoms with van der Waals surface area (Å²) in [6.07, 6.45) is 3.76. The first-order chi connectivity index (χ1) is 7.04. The van der Waals surface area contributed by atoms with Crippen LogP contribution < -0.4 is 5.32 Å². The monoisotopic (exact) mass is 215 g/mol. The van der Waals surface area contributed by atoms with Crippen molar-refractivity contribution in [3.05, 3.63) is 35.4 Å². The van der Waals surface area contributed by atoms with E-state index in [1.54, 1.807) is 7.05 Å². The first-order valence-electron chi connectivity index (χ1n) is 4.18. The molecule has 4 heteroatoms. The topological polar surface area (TPSA) is 12.0 Å². The van der Waals surface area contributed by atoms with Crippen molar-refractivity contribution < 1.29 is 13.2 Å². The van der Waals surface area contributed by atoms with Gasteiger partial charge in [-0.15, -0.1) is 12.8 Å². The van der Waals surface area contributed by atoms with Crippen LogP contribution in [-0.2, 0) is 12.7 Å². The van der Waals surface area contributed by atoms with E-state index in [2.05, 4.69) is 18.2 Å². The van der Waals surface area contributed by atoms with Gasteiger partial charge in [0.05, 0.1) is 5.56 Å². The maximum absolute atomic E-state index is 12.1. The molecule has 82 valence electrons. The Morgan fingerprint density at radius 3 is 1.93 bits per heavy atom. The first kappa shape index (κ1) is 13.5. The summed E-state index contributed by atoms with van der Waals surface area (Å²) in [6, 6.07) is 5.12. The molecule has 1 nitrogen and oxygen atoms in total. The van der Waals surface area contributed by atoms with Crippen molar-refractivity contribution in [1.82, 2.24) is 5.32 Å². The molecular formula is C11H12F3N. The van der Waals surface area contributed by atoms with E-state index in [9.17, 15) is 13.2 Å². The highest BCUT2D eigenvalue weighted by molar-refractivity contribution is 5.24. The van der Waals surface area contributed by atoms with E-state index >= 15 is 0 Å². The summed E-state index contributed by atoms with van der Waals surface area (Å²) >= 11 is 0. The average molecular weight is 215 g/mol. The second-order valence-electron chi connectivity index (χ2n) is 2.73. The van der Waals surface area contributed by atoms with Gasteiger partial charge < -0.3 is 5.32 Å². The zero-order chi connectivity index (χ0) is 11.9. The van der Waals surface area contributed by atoms with Gasteiger partial charge in [0.1, 0.15) is 0 Å². The lowest BCUT2D eigenvalue weighted by Gasteiger charge is -2.06. The van der Waals surface area contributed by atoms with Crippen LogP contribution >= 0.6 is 0 Å². The second-order valence-corrected chi connectivity index (χ2v) is 2.73. The Balaban J connectivity index is 0.000000921. The molecule has 0 amide bonds. The van der Waals surface area contributed by atoms with Gasteiger partial charge in [-0.05, 0) is 24.7 Å². The fraction of sp³-hybridized carbons (Fsp3) is 0.273. The van der Waals surface area contributed by atoms with E-state index in [1.807, 2.05) is 0 Å². The standard InChI is InChI=1S/C9H10F3N.C2H2/c1-13-6-7-2-4-8(5-3-7)9(10,11)12;1-2/h2-5,13H,6H2,1H3;1-2H. The summed E-state index contributed by atoms with van der Waals surface area (Å²) in [4.78, 5) is 0. The summed E-state index contributed by atoms with van der Waals surface area (Å²) in [5.41, 5.74) is 0.239. The van der Waals surface area contributed by atoms with Gasteiger partial charge >= 0.3 is 6.18 Å². The molecule has 0 spiro atoms. The molecule has 0 bridgehead atoms. The van der Waals surface area contributed by atoms with E-state index in [-0.39, 0.29) is 0 Å². The Morgan fingerprint density at radius 2 is 1.60 bits per heavy atom. The molecule has 15 heavy (non-hydrogen) atoms. The normalized spacial score (nSPS) is 10.3. The van der Waals surface area contributed by atoms with Crippen LogP contribution in [0.1, 0.15) is 11.1 Å². The number of halogens is 3. The van der Waals surface area contributed by atoms with Crippen LogP contribution in [0.25, 0.3) is 0 Å². The van der Waals surface area contributed by atoms with E-state index in [0.29, 0.717) is 6.54 Å². The summed E-state index contributed by atoms with van der Waals surface area (Å²) in [6.45, 7) is 0.581. The number of nitrogens with one attached hydrogen (secondary N) is 1. The van der Waals surface area contributed by atoms with Crippen LogP contribution in [-0.4, -0.2) is 7.05 Å². The third-order valence-corrected chi connectivity index (χ3v) is 1.66. The van der Waals surface area contributed by atoms with Crippen LogP contribution in [0.15, 0.2) is 24.3 Å². The van der Waals surface area contributed by atoms with Gasteiger partial charge in [0.25, 0.3) is 0 Å². The predicted octanol–water partition coefficient (Wildman–Crippen LogP) is 2.67. The van der Waals surface area contributed by atoms with Gasteiger partial charge in [0.15, 0.2) is 0 Å². The van der Waals surface area contributed by atoms with Crippen LogP contribution in [0, 0.1) is 12.8 Å². The SMILES string of the molecule is C#C.CNCc1ccc(C(F)(F)F)cc1. The van der Waals surface area contributed by atoms with Gasteiger partial charge in [0.2, 0.25) is 0 Å². The van der Waals surface area contributed by atoms with Crippen molar-refractivity contribution in [2.75, 3.05) is 7.05 Å². The molecule has 0 radical (unpaired) electrons. The molecule has 0 unspecified atom stereocenters. The Hall–Kier alpha value is -1.47. The third-order valence-electron chi connectivity index (χ3n) is 1.66. The number of rotatable bonds is 2. The van der Waals surface area contributed by atoms with E-state index in [0.717, 1.165) is 17.7 Å². The second kappa shape index (κ2) is 6.10. The Bertz CT molecular complexity index is 298. The number of hydrogen-bond donors (Lipinski definition) is 1. The van der Waals surface area contributed by atoms with Crippen LogP contribution in [0.4, 0.5) is 13.2 Å². The number of hydrogen-bond acceptors (Lipinski definition) is 1. The molecule has 0 fully saturated rings. The fourth-order valence-corrected chi connectivity index (χ4v) is 1.02. The highest BCUT2D eigenvalue weighted by Crippen LogP contribution is 2.28. The number of alkyl halides is 3. The molecule has 0 aromatic heterocycles. The molecule has 0 aliphatic heterocycles. The Kier molecular flexibility index (Phi) is 5.50. The Morgan fingerprint density at radius 1 is 1.13 bits per heavy atom. The highest BCUT2D eigenvalue weighted by atomic mass is 19.4. The van der Waals surface area contributed by atoms with Crippen molar-refractivity contribution in [1.29, 1.82) is 0 Å². The van der Waals surface area contributed by atoms with Gasteiger partial charge in [-0.2, -0.15) is 13.2 Å². The largest absolute Gasteiger partial charge is 0.416 e. The highest BCUT2D eigenvalue weighted by Gasteiger charge is 2.29. The molecule has 0 aliphatic carbocycles. The van der Waals surface area contributed by atoms with Crippen molar-refractivity contribution in [3.8, 4) is 12.8 Å². The van der Waals surface area contributed by atoms with Crippen LogP contribution in [0.3, 0.4) is 0 Å². The van der Waals surface area contributed by atoms with E-state index in [4.69, 9.17) is 0 Å². The minimum atomic E-state index is -4.24. The third kappa shape index (κ3) is 4.52. The minimum absolute atomic E-state index is 0.581. The smallest absolute Gasteiger partial charge is 0.316 e. The van der Waals surface area contributed by atoms with Gasteiger partial charge in [0, 0.05) is 6.54 Å². The molecule has 0 aliphatic rings. The number of terminal acetylenes is 1. The van der Waals surface area contributed by atoms with Crippen molar-refractivity contribution in [2.45, 2.75) is 12.7 Å². The molecule has 0 saturated carbocycles. The Labute approximate surface area is 87.3 Å². The lowest BCUT2D eigenvalue weighted by atomic mass is 10.1. The van der Waals surface area contributed by atoms with Gasteiger partial charge in [-0.3, -0.25) is 0 Å². The first-order valence-corrected chi connectivity index (χ1v) is 4.18. The van der Waals surface area contributed by atoms with E-state index in [1.165, 1.54) is 12.1 Å². The zero-order valence-corrected chi connectivity index (χ0v) is 8.31. The molecule has 0 saturated heterocycles. The minimum Gasteiger partial charge on any atom is -0.316 e. The van der Waals surface area contributed by atoms with Crippen molar-refractivity contribution >= 4 is 0 Å². The molecule has 1 N–H and O–H groups in total. The van der Waals surface area contributed by atoms with Crippen molar-refractivity contribution in [2.24, 2.45) is 0 Å². The number of benzene rings is 1. The zero-order valence-electron chi connectivity index (χ0n) is 8.31. The summed E-state index contributed by atoms with van der Waals surface area (Å²) in [5.74, 6) is 0. The molecular weight excluding hydrogens is 203 g/mol. The quantitative estimate of drug-likeness (QED) is 0.748. The maximum Gasteiger partial charge on any atom is 0.416 e. The van der Waals surface area contributed by atoms with Crippen LogP contribution in [0.5, 0.6) is 0 Å². The maximum atomic E-state index is 12.1. The fourth-order valence-electron chi connectivity index (χ4n) is 1.02. The van der Waals surface area contributed by atoms with Crippen LogP contribution in [0.2, 0.25) is 0 Å². The lowest BCUT2D eigenvalue weighted by molar-refractivity contribution is -0.137. The van der Waals surface area contributed by atoms with E-state index < -0.39 is 11.7 Å². The van der Waals surface area contributed by atoms with Crippen molar-refractivity contribution in [3.63, 3.8) is 0 Å². The summed E-state index contributed by atoms with van der Waals surface area (Å²) < 4.78 is 36.3. The van der Waals surface area contributed by atoms with Gasteiger partial charge in [-0.25, -0.2) is 0 Å². The molecule has 1 rings (SSSR count). The summed E-state index contributed by atoms with van der Waals surface area (Å²) in [5, 5.41) is 2.86. The molecule has 1 aromatic carbocycles. The van der Waals surface area contributed by atoms with Gasteiger partial charge in [-0.1, -0.05) is 12.1 Å². The molecule has 0 heterocycles.